The number of rotatable bonds is 7. The summed E-state index contributed by atoms with van der Waals surface area (Å²) in [5.41, 5.74) is -0.761. The van der Waals surface area contributed by atoms with Crippen LogP contribution < -0.4 is 14.8 Å². The minimum atomic E-state index is -4.41. The molecule has 0 saturated carbocycles. The highest BCUT2D eigenvalue weighted by Gasteiger charge is 2.30. The lowest BCUT2D eigenvalue weighted by molar-refractivity contribution is -0.152. The van der Waals surface area contributed by atoms with E-state index in [1.807, 2.05) is 0 Å². The predicted molar refractivity (Wildman–Crippen MR) is 92.8 cm³/mol. The molecule has 150 valence electrons. The first-order valence-electron chi connectivity index (χ1n) is 8.18. The highest BCUT2D eigenvalue weighted by atomic mass is 19.4. The van der Waals surface area contributed by atoms with Gasteiger partial charge in [0.25, 0.3) is 0 Å². The molecule has 0 aliphatic carbocycles. The summed E-state index contributed by atoms with van der Waals surface area (Å²) in [6.07, 6.45) is -5.31. The number of alkyl halides is 3. The Bertz CT molecular complexity index is 804. The van der Waals surface area contributed by atoms with Crippen molar-refractivity contribution in [1.82, 2.24) is 5.32 Å². The first kappa shape index (κ1) is 21.1. The molecule has 1 N–H and O–H groups in total. The zero-order chi connectivity index (χ0) is 20.7. The summed E-state index contributed by atoms with van der Waals surface area (Å²) in [6.45, 7) is 2.53. The van der Waals surface area contributed by atoms with E-state index in [0.29, 0.717) is 11.5 Å². The van der Waals surface area contributed by atoms with Gasteiger partial charge >= 0.3 is 12.1 Å². The fraction of sp³-hybridized carbons (Fsp3) is 0.263. The molecule has 0 heterocycles. The van der Waals surface area contributed by atoms with Crippen molar-refractivity contribution in [2.75, 3.05) is 6.73 Å². The number of halogens is 3. The average molecular weight is 397 g/mol. The SMILES string of the molecule is CC(=O)NCOC(=O)C(C)Oc1ccc(Oc2ccc(C(F)(F)F)cc2)cc1. The maximum absolute atomic E-state index is 12.5. The molecule has 0 spiro atoms. The van der Waals surface area contributed by atoms with Gasteiger partial charge in [-0.1, -0.05) is 0 Å². The fourth-order valence-electron chi connectivity index (χ4n) is 2.01. The lowest BCUT2D eigenvalue weighted by atomic mass is 10.2. The van der Waals surface area contributed by atoms with Crippen LogP contribution in [0.3, 0.4) is 0 Å². The molecule has 6 nitrogen and oxygen atoms in total. The molecule has 1 amide bonds. The Morgan fingerprint density at radius 1 is 0.964 bits per heavy atom. The Hall–Kier alpha value is -3.23. The molecule has 0 radical (unpaired) electrons. The third-order valence-electron chi connectivity index (χ3n) is 3.42. The fourth-order valence-corrected chi connectivity index (χ4v) is 2.01. The lowest BCUT2D eigenvalue weighted by Crippen LogP contribution is -2.31. The van der Waals surface area contributed by atoms with E-state index in [4.69, 9.17) is 14.2 Å². The monoisotopic (exact) mass is 397 g/mol. The number of carbonyl (C=O) groups excluding carboxylic acids is 2. The first-order valence-corrected chi connectivity index (χ1v) is 8.18. The standard InChI is InChI=1S/C19H18F3NO5/c1-12(18(25)26-11-23-13(2)24)27-15-7-9-17(10-8-15)28-16-5-3-14(4-6-16)19(20,21)22/h3-10,12H,11H2,1-2H3,(H,23,24). The van der Waals surface area contributed by atoms with Crippen molar-refractivity contribution in [1.29, 1.82) is 0 Å². The van der Waals surface area contributed by atoms with Gasteiger partial charge in [-0.3, -0.25) is 4.79 Å². The van der Waals surface area contributed by atoms with Crippen LogP contribution in [0, 0.1) is 0 Å². The number of carbonyl (C=O) groups is 2. The van der Waals surface area contributed by atoms with E-state index in [2.05, 4.69) is 5.32 Å². The predicted octanol–water partition coefficient (Wildman–Crippen LogP) is 3.90. The summed E-state index contributed by atoms with van der Waals surface area (Å²) in [5, 5.41) is 2.32. The van der Waals surface area contributed by atoms with Gasteiger partial charge in [0, 0.05) is 6.92 Å². The zero-order valence-electron chi connectivity index (χ0n) is 15.1. The summed E-state index contributed by atoms with van der Waals surface area (Å²) in [4.78, 5) is 22.4. The molecule has 0 aliphatic rings. The van der Waals surface area contributed by atoms with E-state index in [0.717, 1.165) is 12.1 Å². The van der Waals surface area contributed by atoms with Crippen LogP contribution in [0.4, 0.5) is 13.2 Å². The summed E-state index contributed by atoms with van der Waals surface area (Å²) < 4.78 is 53.4. The second-order valence-corrected chi connectivity index (χ2v) is 5.70. The van der Waals surface area contributed by atoms with Crippen LogP contribution in [0.2, 0.25) is 0 Å². The molecule has 0 fully saturated rings. The molecule has 1 unspecified atom stereocenters. The molecule has 2 aromatic rings. The number of hydrogen-bond donors (Lipinski definition) is 1. The normalized spacial score (nSPS) is 12.0. The van der Waals surface area contributed by atoms with Gasteiger partial charge in [-0.25, -0.2) is 4.79 Å². The maximum atomic E-state index is 12.5. The Balaban J connectivity index is 1.89. The van der Waals surface area contributed by atoms with Crippen molar-refractivity contribution in [2.24, 2.45) is 0 Å². The summed E-state index contributed by atoms with van der Waals surface area (Å²) in [6, 6.07) is 10.5. The Morgan fingerprint density at radius 3 is 1.96 bits per heavy atom. The molecule has 1 atom stereocenters. The Morgan fingerprint density at radius 2 is 1.46 bits per heavy atom. The van der Waals surface area contributed by atoms with Crippen LogP contribution >= 0.6 is 0 Å². The van der Waals surface area contributed by atoms with Gasteiger partial charge in [0.1, 0.15) is 17.2 Å². The van der Waals surface area contributed by atoms with Crippen LogP contribution in [-0.2, 0) is 20.5 Å². The zero-order valence-corrected chi connectivity index (χ0v) is 15.1. The van der Waals surface area contributed by atoms with Crippen molar-refractivity contribution in [3.63, 3.8) is 0 Å². The van der Waals surface area contributed by atoms with E-state index < -0.39 is 23.8 Å². The molecule has 0 saturated heterocycles. The second-order valence-electron chi connectivity index (χ2n) is 5.70. The molecule has 0 aliphatic heterocycles. The smallest absolute Gasteiger partial charge is 0.416 e. The number of esters is 1. The van der Waals surface area contributed by atoms with Crippen molar-refractivity contribution in [3.8, 4) is 17.2 Å². The second kappa shape index (κ2) is 9.12. The van der Waals surface area contributed by atoms with Crippen LogP contribution in [-0.4, -0.2) is 24.7 Å². The first-order chi connectivity index (χ1) is 13.1. The third kappa shape index (κ3) is 6.49. The maximum Gasteiger partial charge on any atom is 0.416 e. The van der Waals surface area contributed by atoms with Gasteiger partial charge in [0.15, 0.2) is 12.8 Å². The molecule has 0 aromatic heterocycles. The summed E-state index contributed by atoms with van der Waals surface area (Å²) >= 11 is 0. The van der Waals surface area contributed by atoms with Crippen molar-refractivity contribution >= 4 is 11.9 Å². The van der Waals surface area contributed by atoms with Crippen LogP contribution in [0.5, 0.6) is 17.2 Å². The average Bonchev–Trinajstić information content (AvgIpc) is 2.62. The highest BCUT2D eigenvalue weighted by Crippen LogP contribution is 2.31. The van der Waals surface area contributed by atoms with Gasteiger partial charge < -0.3 is 19.5 Å². The van der Waals surface area contributed by atoms with E-state index >= 15 is 0 Å². The molecule has 28 heavy (non-hydrogen) atoms. The minimum absolute atomic E-state index is 0.247. The van der Waals surface area contributed by atoms with Crippen LogP contribution in [0.1, 0.15) is 19.4 Å². The van der Waals surface area contributed by atoms with Crippen LogP contribution in [0.25, 0.3) is 0 Å². The van der Waals surface area contributed by atoms with Gasteiger partial charge in [-0.05, 0) is 55.5 Å². The largest absolute Gasteiger partial charge is 0.479 e. The van der Waals surface area contributed by atoms with E-state index in [9.17, 15) is 22.8 Å². The van der Waals surface area contributed by atoms with Gasteiger partial charge in [0.05, 0.1) is 5.56 Å². The van der Waals surface area contributed by atoms with E-state index in [1.54, 1.807) is 12.1 Å². The van der Waals surface area contributed by atoms with E-state index in [-0.39, 0.29) is 18.4 Å². The van der Waals surface area contributed by atoms with Crippen molar-refractivity contribution in [3.05, 3.63) is 54.1 Å². The summed E-state index contributed by atoms with van der Waals surface area (Å²) in [7, 11) is 0. The molecular formula is C19H18F3NO5. The molecule has 9 heteroatoms. The quantitative estimate of drug-likeness (QED) is 0.567. The lowest BCUT2D eigenvalue weighted by Gasteiger charge is -2.14. The minimum Gasteiger partial charge on any atom is -0.479 e. The number of benzene rings is 2. The molecule has 2 rings (SSSR count). The van der Waals surface area contributed by atoms with Gasteiger partial charge in [0.2, 0.25) is 5.91 Å². The van der Waals surface area contributed by atoms with Gasteiger partial charge in [-0.15, -0.1) is 0 Å². The van der Waals surface area contributed by atoms with E-state index in [1.165, 1.54) is 38.1 Å². The number of ether oxygens (including phenoxy) is 3. The molecular weight excluding hydrogens is 379 g/mol. The third-order valence-corrected chi connectivity index (χ3v) is 3.42. The van der Waals surface area contributed by atoms with Crippen molar-refractivity contribution < 1.29 is 37.0 Å². The topological polar surface area (TPSA) is 73.9 Å². The van der Waals surface area contributed by atoms with Crippen LogP contribution in [0.15, 0.2) is 48.5 Å². The van der Waals surface area contributed by atoms with Crippen molar-refractivity contribution in [2.45, 2.75) is 26.1 Å². The highest BCUT2D eigenvalue weighted by molar-refractivity contribution is 5.76. The Labute approximate surface area is 159 Å². The number of nitrogens with one attached hydrogen (secondary N) is 1. The summed E-state index contributed by atoms with van der Waals surface area (Å²) in [5.74, 6) is 0.0113. The molecule has 0 bridgehead atoms. The Kier molecular flexibility index (Phi) is 6.86. The number of amides is 1. The van der Waals surface area contributed by atoms with Gasteiger partial charge in [-0.2, -0.15) is 13.2 Å². The molecule has 2 aromatic carbocycles. The number of hydrogen-bond acceptors (Lipinski definition) is 5.